The van der Waals surface area contributed by atoms with Crippen LogP contribution in [0.4, 0.5) is 0 Å². The molecule has 2 atom stereocenters. The van der Waals surface area contributed by atoms with E-state index < -0.39 is 0 Å². The summed E-state index contributed by atoms with van der Waals surface area (Å²) in [6, 6.07) is 6.08. The van der Waals surface area contributed by atoms with Gasteiger partial charge in [0.15, 0.2) is 11.5 Å². The van der Waals surface area contributed by atoms with E-state index in [-0.39, 0.29) is 11.6 Å². The van der Waals surface area contributed by atoms with Gasteiger partial charge in [-0.3, -0.25) is 0 Å². The average molecular weight is 251 g/mol. The minimum absolute atomic E-state index is 0.192. The fourth-order valence-electron chi connectivity index (χ4n) is 2.46. The summed E-state index contributed by atoms with van der Waals surface area (Å²) >= 11 is 0. The van der Waals surface area contributed by atoms with Crippen molar-refractivity contribution in [3.8, 4) is 11.5 Å². The average Bonchev–Trinajstić information content (AvgIpc) is 2.37. The summed E-state index contributed by atoms with van der Waals surface area (Å²) in [5, 5.41) is 0. The topological polar surface area (TPSA) is 53.7 Å². The van der Waals surface area contributed by atoms with Gasteiger partial charge in [-0.25, -0.2) is 0 Å². The molecule has 2 N–H and O–H groups in total. The van der Waals surface area contributed by atoms with Crippen LogP contribution >= 0.6 is 0 Å². The first-order valence-corrected chi connectivity index (χ1v) is 6.21. The molecule has 4 heteroatoms. The van der Waals surface area contributed by atoms with Gasteiger partial charge in [-0.05, 0) is 37.5 Å². The maximum absolute atomic E-state index is 6.04. The summed E-state index contributed by atoms with van der Waals surface area (Å²) in [6.45, 7) is 2.78. The summed E-state index contributed by atoms with van der Waals surface area (Å²) in [5.74, 6) is 1.45. The van der Waals surface area contributed by atoms with Crippen molar-refractivity contribution in [3.05, 3.63) is 23.8 Å². The van der Waals surface area contributed by atoms with Crippen LogP contribution in [0.5, 0.6) is 11.5 Å². The molecule has 1 fully saturated rings. The van der Waals surface area contributed by atoms with E-state index in [0.29, 0.717) is 6.61 Å². The van der Waals surface area contributed by atoms with E-state index in [9.17, 15) is 0 Å². The first-order valence-electron chi connectivity index (χ1n) is 6.21. The zero-order chi connectivity index (χ0) is 13.2. The lowest BCUT2D eigenvalue weighted by molar-refractivity contribution is -0.0767. The third kappa shape index (κ3) is 2.44. The summed E-state index contributed by atoms with van der Waals surface area (Å²) in [6.07, 6.45) is 1.74. The van der Waals surface area contributed by atoms with Crippen molar-refractivity contribution in [1.82, 2.24) is 0 Å². The molecule has 2 rings (SSSR count). The van der Waals surface area contributed by atoms with E-state index >= 15 is 0 Å². The summed E-state index contributed by atoms with van der Waals surface area (Å²) in [5.41, 5.74) is 6.78. The molecule has 18 heavy (non-hydrogen) atoms. The second kappa shape index (κ2) is 5.16. The number of hydrogen-bond donors (Lipinski definition) is 1. The van der Waals surface area contributed by atoms with Gasteiger partial charge in [-0.2, -0.15) is 0 Å². The van der Waals surface area contributed by atoms with Crippen LogP contribution < -0.4 is 15.2 Å². The molecule has 0 aromatic heterocycles. The highest BCUT2D eigenvalue weighted by Crippen LogP contribution is 2.38. The lowest BCUT2D eigenvalue weighted by Crippen LogP contribution is -2.41. The van der Waals surface area contributed by atoms with E-state index in [1.165, 1.54) is 0 Å². The molecule has 0 saturated carbocycles. The van der Waals surface area contributed by atoms with Crippen LogP contribution in [0.1, 0.15) is 25.3 Å². The van der Waals surface area contributed by atoms with Gasteiger partial charge in [-0.15, -0.1) is 0 Å². The Labute approximate surface area is 108 Å². The zero-order valence-corrected chi connectivity index (χ0v) is 11.2. The number of rotatable bonds is 3. The van der Waals surface area contributed by atoms with Crippen LogP contribution in [0, 0.1) is 0 Å². The van der Waals surface area contributed by atoms with Gasteiger partial charge in [0, 0.05) is 12.6 Å². The fourth-order valence-corrected chi connectivity index (χ4v) is 2.46. The van der Waals surface area contributed by atoms with Gasteiger partial charge in [0.2, 0.25) is 0 Å². The molecule has 2 unspecified atom stereocenters. The molecule has 0 aliphatic carbocycles. The van der Waals surface area contributed by atoms with Crippen LogP contribution in [0.25, 0.3) is 0 Å². The molecule has 0 spiro atoms. The van der Waals surface area contributed by atoms with E-state index in [1.54, 1.807) is 14.2 Å². The van der Waals surface area contributed by atoms with Crippen molar-refractivity contribution < 1.29 is 14.2 Å². The normalized spacial score (nSPS) is 27.9. The molecule has 100 valence electrons. The Morgan fingerprint density at radius 2 is 2.00 bits per heavy atom. The minimum atomic E-state index is -0.336. The Kier molecular flexibility index (Phi) is 3.78. The second-order valence-electron chi connectivity index (χ2n) is 4.90. The van der Waals surface area contributed by atoms with Crippen LogP contribution in [0.3, 0.4) is 0 Å². The predicted molar refractivity (Wildman–Crippen MR) is 70.1 cm³/mol. The molecule has 0 radical (unpaired) electrons. The third-order valence-corrected chi connectivity index (χ3v) is 3.56. The number of hydrogen-bond acceptors (Lipinski definition) is 4. The van der Waals surface area contributed by atoms with Gasteiger partial charge >= 0.3 is 0 Å². The Balaban J connectivity index is 2.32. The minimum Gasteiger partial charge on any atom is -0.493 e. The van der Waals surface area contributed by atoms with Crippen LogP contribution in [0.2, 0.25) is 0 Å². The van der Waals surface area contributed by atoms with Crippen molar-refractivity contribution >= 4 is 0 Å². The first-order chi connectivity index (χ1) is 8.59. The van der Waals surface area contributed by atoms with Crippen LogP contribution in [-0.4, -0.2) is 26.9 Å². The molecule has 1 aromatic carbocycles. The Morgan fingerprint density at radius 1 is 1.28 bits per heavy atom. The summed E-state index contributed by atoms with van der Waals surface area (Å²) in [7, 11) is 3.27. The van der Waals surface area contributed by atoms with Gasteiger partial charge in [0.25, 0.3) is 0 Å². The van der Waals surface area contributed by atoms with Crippen molar-refractivity contribution in [2.75, 3.05) is 20.8 Å². The lowest BCUT2D eigenvalue weighted by atomic mass is 9.86. The Hall–Kier alpha value is -1.26. The molecule has 1 aromatic rings. The molecule has 1 heterocycles. The number of methoxy groups -OCH3 is 2. The highest BCUT2D eigenvalue weighted by molar-refractivity contribution is 5.44. The second-order valence-corrected chi connectivity index (χ2v) is 4.90. The van der Waals surface area contributed by atoms with Crippen molar-refractivity contribution in [2.45, 2.75) is 31.4 Å². The van der Waals surface area contributed by atoms with E-state index in [4.69, 9.17) is 19.9 Å². The van der Waals surface area contributed by atoms with Gasteiger partial charge in [0.1, 0.15) is 0 Å². The summed E-state index contributed by atoms with van der Waals surface area (Å²) < 4.78 is 16.5. The van der Waals surface area contributed by atoms with E-state index in [2.05, 4.69) is 6.92 Å². The molecule has 4 nitrogen and oxygen atoms in total. The van der Waals surface area contributed by atoms with Gasteiger partial charge in [0.05, 0.1) is 19.8 Å². The zero-order valence-electron chi connectivity index (χ0n) is 11.2. The smallest absolute Gasteiger partial charge is 0.161 e. The molecular weight excluding hydrogens is 230 g/mol. The van der Waals surface area contributed by atoms with E-state index in [0.717, 1.165) is 29.9 Å². The molecule has 1 aliphatic heterocycles. The Morgan fingerprint density at radius 3 is 2.61 bits per heavy atom. The SMILES string of the molecule is COc1ccc(C2(C)CC(N)CCO2)cc1OC. The van der Waals surface area contributed by atoms with Crippen LogP contribution in [0.15, 0.2) is 18.2 Å². The van der Waals surface area contributed by atoms with Gasteiger partial charge in [-0.1, -0.05) is 6.07 Å². The number of benzene rings is 1. The van der Waals surface area contributed by atoms with Crippen molar-refractivity contribution in [3.63, 3.8) is 0 Å². The maximum Gasteiger partial charge on any atom is 0.161 e. The van der Waals surface area contributed by atoms with Crippen molar-refractivity contribution in [1.29, 1.82) is 0 Å². The molecule has 1 aliphatic rings. The van der Waals surface area contributed by atoms with Crippen LogP contribution in [-0.2, 0) is 10.3 Å². The highest BCUT2D eigenvalue weighted by Gasteiger charge is 2.34. The lowest BCUT2D eigenvalue weighted by Gasteiger charge is -2.37. The van der Waals surface area contributed by atoms with Crippen molar-refractivity contribution in [2.24, 2.45) is 5.73 Å². The number of ether oxygens (including phenoxy) is 3. The predicted octanol–water partition coefficient (Wildman–Crippen LogP) is 2.06. The first kappa shape index (κ1) is 13.2. The quantitative estimate of drug-likeness (QED) is 0.893. The van der Waals surface area contributed by atoms with Gasteiger partial charge < -0.3 is 19.9 Å². The standard InChI is InChI=1S/C14H21NO3/c1-14(9-11(15)6-7-18-14)10-4-5-12(16-2)13(8-10)17-3/h4-5,8,11H,6-7,9,15H2,1-3H3. The fraction of sp³-hybridized carbons (Fsp3) is 0.571. The summed E-state index contributed by atoms with van der Waals surface area (Å²) in [4.78, 5) is 0. The molecule has 0 amide bonds. The largest absolute Gasteiger partial charge is 0.493 e. The monoisotopic (exact) mass is 251 g/mol. The third-order valence-electron chi connectivity index (χ3n) is 3.56. The Bertz CT molecular complexity index is 422. The number of nitrogens with two attached hydrogens (primary N) is 1. The van der Waals surface area contributed by atoms with E-state index in [1.807, 2.05) is 18.2 Å². The molecular formula is C14H21NO3. The highest BCUT2D eigenvalue weighted by atomic mass is 16.5. The molecule has 0 bridgehead atoms. The molecule has 1 saturated heterocycles. The maximum atomic E-state index is 6.04.